The minimum atomic E-state index is -0.271. The standard InChI is InChI=1S/C24H21N3O4/c1-30-20-7-3-6-19(12-20)27(24(29)17-5-4-10-25-14-17)15-18-11-16-8-9-21(31-2)13-22(16)26-23(18)28/h3-14H,15H2,1-2H3,(H,26,28). The van der Waals surface area contributed by atoms with Crippen LogP contribution in [0.4, 0.5) is 5.69 Å². The first-order chi connectivity index (χ1) is 15.1. The van der Waals surface area contributed by atoms with E-state index in [1.54, 1.807) is 73.8 Å². The Hall–Kier alpha value is -4.13. The fourth-order valence-electron chi connectivity index (χ4n) is 3.34. The average Bonchev–Trinajstić information content (AvgIpc) is 2.82. The van der Waals surface area contributed by atoms with Crippen molar-refractivity contribution in [1.82, 2.24) is 9.97 Å². The Labute approximate surface area is 178 Å². The molecule has 0 unspecified atom stereocenters. The Balaban J connectivity index is 1.78. The van der Waals surface area contributed by atoms with Crippen molar-refractivity contribution >= 4 is 22.5 Å². The van der Waals surface area contributed by atoms with Crippen molar-refractivity contribution in [3.8, 4) is 11.5 Å². The highest BCUT2D eigenvalue weighted by molar-refractivity contribution is 6.06. The van der Waals surface area contributed by atoms with Gasteiger partial charge in [0.05, 0.1) is 31.8 Å². The van der Waals surface area contributed by atoms with Gasteiger partial charge in [-0.15, -0.1) is 0 Å². The predicted octanol–water partition coefficient (Wildman–Crippen LogP) is 3.79. The molecule has 2 aromatic heterocycles. The molecule has 0 radical (unpaired) electrons. The minimum absolute atomic E-state index is 0.0815. The Bertz CT molecular complexity index is 1290. The molecule has 7 heteroatoms. The first-order valence-corrected chi connectivity index (χ1v) is 9.65. The molecule has 0 atom stereocenters. The van der Waals surface area contributed by atoms with Gasteiger partial charge in [-0.05, 0) is 47.9 Å². The van der Waals surface area contributed by atoms with Crippen LogP contribution in [-0.4, -0.2) is 30.1 Å². The maximum Gasteiger partial charge on any atom is 0.260 e. The molecular formula is C24H21N3O4. The van der Waals surface area contributed by atoms with Gasteiger partial charge < -0.3 is 19.4 Å². The number of aromatic nitrogens is 2. The van der Waals surface area contributed by atoms with Gasteiger partial charge >= 0.3 is 0 Å². The Kier molecular flexibility index (Phi) is 5.66. The summed E-state index contributed by atoms with van der Waals surface area (Å²) in [6.07, 6.45) is 3.11. The third-order valence-electron chi connectivity index (χ3n) is 4.98. The van der Waals surface area contributed by atoms with Gasteiger partial charge in [0.15, 0.2) is 0 Å². The first kappa shape index (κ1) is 20.2. The number of nitrogens with one attached hydrogen (secondary N) is 1. The topological polar surface area (TPSA) is 84.5 Å². The second kappa shape index (κ2) is 8.71. The molecule has 0 saturated carbocycles. The predicted molar refractivity (Wildman–Crippen MR) is 119 cm³/mol. The maximum absolute atomic E-state index is 13.3. The van der Waals surface area contributed by atoms with Crippen LogP contribution in [0.3, 0.4) is 0 Å². The van der Waals surface area contributed by atoms with E-state index in [-0.39, 0.29) is 18.0 Å². The first-order valence-electron chi connectivity index (χ1n) is 9.65. The number of anilines is 1. The lowest BCUT2D eigenvalue weighted by Crippen LogP contribution is -2.33. The normalized spacial score (nSPS) is 10.6. The van der Waals surface area contributed by atoms with Gasteiger partial charge in [0.1, 0.15) is 11.5 Å². The van der Waals surface area contributed by atoms with Crippen LogP contribution >= 0.6 is 0 Å². The number of ether oxygens (including phenoxy) is 2. The van der Waals surface area contributed by atoms with E-state index in [9.17, 15) is 9.59 Å². The van der Waals surface area contributed by atoms with Crippen molar-refractivity contribution in [2.45, 2.75) is 6.54 Å². The lowest BCUT2D eigenvalue weighted by molar-refractivity contribution is 0.0984. The number of amides is 1. The molecular weight excluding hydrogens is 394 g/mol. The zero-order valence-corrected chi connectivity index (χ0v) is 17.2. The molecule has 1 amide bonds. The number of aromatic amines is 1. The SMILES string of the molecule is COc1cccc(N(Cc2cc3ccc(OC)cc3[nH]c2=O)C(=O)c2cccnc2)c1. The molecule has 0 bridgehead atoms. The van der Waals surface area contributed by atoms with E-state index >= 15 is 0 Å². The van der Waals surface area contributed by atoms with Crippen LogP contribution in [0.25, 0.3) is 10.9 Å². The van der Waals surface area contributed by atoms with E-state index in [1.165, 1.54) is 6.20 Å². The fourth-order valence-corrected chi connectivity index (χ4v) is 3.34. The van der Waals surface area contributed by atoms with Crippen molar-refractivity contribution in [2.24, 2.45) is 0 Å². The number of pyridine rings is 2. The Morgan fingerprint density at radius 1 is 1.00 bits per heavy atom. The van der Waals surface area contributed by atoms with Crippen LogP contribution in [0.1, 0.15) is 15.9 Å². The number of nitrogens with zero attached hydrogens (tertiary/aromatic N) is 2. The van der Waals surface area contributed by atoms with Gasteiger partial charge in [-0.2, -0.15) is 0 Å². The zero-order valence-electron chi connectivity index (χ0n) is 17.2. The van der Waals surface area contributed by atoms with Crippen molar-refractivity contribution in [2.75, 3.05) is 19.1 Å². The third-order valence-corrected chi connectivity index (χ3v) is 4.98. The van der Waals surface area contributed by atoms with E-state index in [0.29, 0.717) is 33.8 Å². The summed E-state index contributed by atoms with van der Waals surface area (Å²) in [5.41, 5.74) is 1.89. The van der Waals surface area contributed by atoms with E-state index in [1.807, 2.05) is 12.1 Å². The van der Waals surface area contributed by atoms with E-state index in [4.69, 9.17) is 9.47 Å². The number of methoxy groups -OCH3 is 2. The summed E-state index contributed by atoms with van der Waals surface area (Å²) in [5.74, 6) is 0.997. The van der Waals surface area contributed by atoms with Crippen molar-refractivity contribution < 1.29 is 14.3 Å². The third kappa shape index (κ3) is 4.25. The fraction of sp³-hybridized carbons (Fsp3) is 0.125. The second-order valence-electron chi connectivity index (χ2n) is 6.91. The van der Waals surface area contributed by atoms with Gasteiger partial charge in [-0.1, -0.05) is 6.07 Å². The average molecular weight is 415 g/mol. The monoisotopic (exact) mass is 415 g/mol. The Morgan fingerprint density at radius 2 is 1.81 bits per heavy atom. The van der Waals surface area contributed by atoms with Gasteiger partial charge in [0, 0.05) is 35.8 Å². The molecule has 0 aliphatic carbocycles. The molecule has 2 heterocycles. The molecule has 1 N–H and O–H groups in total. The molecule has 156 valence electrons. The minimum Gasteiger partial charge on any atom is -0.497 e. The van der Waals surface area contributed by atoms with E-state index in [0.717, 1.165) is 5.39 Å². The van der Waals surface area contributed by atoms with Crippen molar-refractivity contribution in [1.29, 1.82) is 0 Å². The summed E-state index contributed by atoms with van der Waals surface area (Å²) >= 11 is 0. The summed E-state index contributed by atoms with van der Waals surface area (Å²) in [6, 6.07) is 17.8. The number of hydrogen-bond donors (Lipinski definition) is 1. The summed E-state index contributed by atoms with van der Waals surface area (Å²) in [6.45, 7) is 0.0815. The van der Waals surface area contributed by atoms with Crippen molar-refractivity contribution in [3.63, 3.8) is 0 Å². The van der Waals surface area contributed by atoms with E-state index in [2.05, 4.69) is 9.97 Å². The van der Waals surface area contributed by atoms with Gasteiger partial charge in [0.2, 0.25) is 0 Å². The molecule has 0 fully saturated rings. The number of rotatable bonds is 6. The molecule has 4 aromatic rings. The molecule has 0 spiro atoms. The molecule has 4 rings (SSSR count). The summed E-state index contributed by atoms with van der Waals surface area (Å²) in [4.78, 5) is 34.6. The van der Waals surface area contributed by atoms with Gasteiger partial charge in [0.25, 0.3) is 11.5 Å². The number of fused-ring (bicyclic) bond motifs is 1. The molecule has 7 nitrogen and oxygen atoms in total. The number of H-pyrrole nitrogens is 1. The zero-order chi connectivity index (χ0) is 21.8. The smallest absolute Gasteiger partial charge is 0.260 e. The second-order valence-corrected chi connectivity index (χ2v) is 6.91. The van der Waals surface area contributed by atoms with Gasteiger partial charge in [-0.3, -0.25) is 14.6 Å². The van der Waals surface area contributed by atoms with Crippen LogP contribution in [0, 0.1) is 0 Å². The summed E-state index contributed by atoms with van der Waals surface area (Å²) in [5, 5.41) is 0.842. The quantitative estimate of drug-likeness (QED) is 0.518. The van der Waals surface area contributed by atoms with Crippen LogP contribution in [-0.2, 0) is 6.54 Å². The summed E-state index contributed by atoms with van der Waals surface area (Å²) in [7, 11) is 3.14. The van der Waals surface area contributed by atoms with Crippen LogP contribution in [0.5, 0.6) is 11.5 Å². The Morgan fingerprint density at radius 3 is 2.55 bits per heavy atom. The van der Waals surface area contributed by atoms with Crippen LogP contribution < -0.4 is 19.9 Å². The highest BCUT2D eigenvalue weighted by Crippen LogP contribution is 2.25. The highest BCUT2D eigenvalue weighted by atomic mass is 16.5. The number of carbonyl (C=O) groups excluding carboxylic acids is 1. The van der Waals surface area contributed by atoms with Gasteiger partial charge in [-0.25, -0.2) is 0 Å². The summed E-state index contributed by atoms with van der Waals surface area (Å²) < 4.78 is 10.5. The lowest BCUT2D eigenvalue weighted by atomic mass is 10.1. The lowest BCUT2D eigenvalue weighted by Gasteiger charge is -2.23. The largest absolute Gasteiger partial charge is 0.497 e. The molecule has 31 heavy (non-hydrogen) atoms. The molecule has 0 aliphatic rings. The number of carbonyl (C=O) groups is 1. The number of hydrogen-bond acceptors (Lipinski definition) is 5. The van der Waals surface area contributed by atoms with Crippen molar-refractivity contribution in [3.05, 3.63) is 94.5 Å². The maximum atomic E-state index is 13.3. The molecule has 0 saturated heterocycles. The van der Waals surface area contributed by atoms with Crippen LogP contribution in [0.2, 0.25) is 0 Å². The van der Waals surface area contributed by atoms with E-state index < -0.39 is 0 Å². The number of benzene rings is 2. The highest BCUT2D eigenvalue weighted by Gasteiger charge is 2.20. The van der Waals surface area contributed by atoms with Crippen LogP contribution in [0.15, 0.2) is 77.9 Å². The molecule has 2 aromatic carbocycles. The molecule has 0 aliphatic heterocycles.